The predicted octanol–water partition coefficient (Wildman–Crippen LogP) is 4.35. The molecule has 0 heterocycles. The summed E-state index contributed by atoms with van der Waals surface area (Å²) in [6.07, 6.45) is 5.02. The highest BCUT2D eigenvalue weighted by Gasteiger charge is 2.30. The van der Waals surface area contributed by atoms with Crippen LogP contribution in [0.3, 0.4) is 0 Å². The van der Waals surface area contributed by atoms with E-state index in [4.69, 9.17) is 9.57 Å². The summed E-state index contributed by atoms with van der Waals surface area (Å²) in [7, 11) is 1.53. The van der Waals surface area contributed by atoms with Crippen molar-refractivity contribution >= 4 is 27.8 Å². The molecule has 0 N–H and O–H groups in total. The Balaban J connectivity index is 2.12. The molecular formula is C18H24BrNO4. The third-order valence-corrected chi connectivity index (χ3v) is 4.86. The highest BCUT2D eigenvalue weighted by Crippen LogP contribution is 2.28. The molecule has 1 fully saturated rings. The van der Waals surface area contributed by atoms with Gasteiger partial charge in [0.05, 0.1) is 23.2 Å². The number of hydrogen-bond acceptors (Lipinski definition) is 4. The van der Waals surface area contributed by atoms with Crippen molar-refractivity contribution < 1.29 is 19.2 Å². The fourth-order valence-corrected chi connectivity index (χ4v) is 3.27. The molecule has 1 aromatic carbocycles. The van der Waals surface area contributed by atoms with Gasteiger partial charge in [0.15, 0.2) is 0 Å². The zero-order chi connectivity index (χ0) is 17.7. The van der Waals surface area contributed by atoms with Crippen LogP contribution in [-0.2, 0) is 9.63 Å². The molecule has 0 atom stereocenters. The molecule has 132 valence electrons. The van der Waals surface area contributed by atoms with Gasteiger partial charge in [0.25, 0.3) is 5.91 Å². The van der Waals surface area contributed by atoms with Crippen LogP contribution in [0.5, 0.6) is 5.75 Å². The molecule has 1 aliphatic rings. The van der Waals surface area contributed by atoms with Crippen molar-refractivity contribution in [3.8, 4) is 5.75 Å². The van der Waals surface area contributed by atoms with Crippen molar-refractivity contribution in [1.29, 1.82) is 0 Å². The maximum atomic E-state index is 12.7. The van der Waals surface area contributed by atoms with Gasteiger partial charge in [-0.25, -0.2) is 4.79 Å². The third-order valence-electron chi connectivity index (χ3n) is 4.21. The van der Waals surface area contributed by atoms with Crippen LogP contribution in [0.15, 0.2) is 22.7 Å². The van der Waals surface area contributed by atoms with Crippen LogP contribution in [0, 0.1) is 5.92 Å². The van der Waals surface area contributed by atoms with E-state index >= 15 is 0 Å². The Hall–Kier alpha value is -1.56. The molecule has 0 spiro atoms. The van der Waals surface area contributed by atoms with Gasteiger partial charge in [-0.3, -0.25) is 4.79 Å². The van der Waals surface area contributed by atoms with E-state index in [1.165, 1.54) is 18.6 Å². The highest BCUT2D eigenvalue weighted by atomic mass is 79.9. The molecule has 1 aromatic rings. The van der Waals surface area contributed by atoms with Gasteiger partial charge in [-0.05, 0) is 60.8 Å². The van der Waals surface area contributed by atoms with Gasteiger partial charge in [0.1, 0.15) is 5.75 Å². The van der Waals surface area contributed by atoms with Crippen molar-refractivity contribution in [2.75, 3.05) is 7.11 Å². The molecule has 0 aromatic heterocycles. The maximum absolute atomic E-state index is 12.7. The van der Waals surface area contributed by atoms with E-state index in [1.807, 2.05) is 13.8 Å². The lowest BCUT2D eigenvalue weighted by Gasteiger charge is -2.30. The first kappa shape index (κ1) is 18.8. The van der Waals surface area contributed by atoms with Gasteiger partial charge >= 0.3 is 5.97 Å². The average Bonchev–Trinajstić information content (AvgIpc) is 2.59. The first-order chi connectivity index (χ1) is 11.4. The van der Waals surface area contributed by atoms with Crippen LogP contribution in [0.4, 0.5) is 0 Å². The number of hydroxylamine groups is 2. The fraction of sp³-hybridized carbons (Fsp3) is 0.556. The molecular weight excluding hydrogens is 374 g/mol. The Bertz CT molecular complexity index is 597. The number of benzene rings is 1. The Kier molecular flexibility index (Phi) is 6.66. The van der Waals surface area contributed by atoms with E-state index in [2.05, 4.69) is 15.9 Å². The summed E-state index contributed by atoms with van der Waals surface area (Å²) in [5.74, 6) is -0.159. The van der Waals surface area contributed by atoms with Gasteiger partial charge < -0.3 is 9.57 Å². The van der Waals surface area contributed by atoms with Crippen molar-refractivity contribution in [2.45, 2.75) is 52.0 Å². The summed E-state index contributed by atoms with van der Waals surface area (Å²) in [5, 5.41) is 1.23. The SMILES string of the molecule is COc1cc(C(=O)ON(C(=O)C2CCCCC2)C(C)C)ccc1Br. The number of carbonyl (C=O) groups is 2. The van der Waals surface area contributed by atoms with Crippen molar-refractivity contribution in [3.05, 3.63) is 28.2 Å². The average molecular weight is 398 g/mol. The van der Waals surface area contributed by atoms with Crippen LogP contribution in [0.25, 0.3) is 0 Å². The second kappa shape index (κ2) is 8.51. The molecule has 0 aliphatic heterocycles. The fourth-order valence-electron chi connectivity index (χ4n) is 2.86. The third kappa shape index (κ3) is 4.50. The van der Waals surface area contributed by atoms with Crippen molar-refractivity contribution in [3.63, 3.8) is 0 Å². The van der Waals surface area contributed by atoms with E-state index in [0.29, 0.717) is 11.3 Å². The number of halogens is 1. The molecule has 1 amide bonds. The summed E-state index contributed by atoms with van der Waals surface area (Å²) < 4.78 is 5.95. The number of nitrogens with zero attached hydrogens (tertiary/aromatic N) is 1. The van der Waals surface area contributed by atoms with Crippen LogP contribution in [-0.4, -0.2) is 30.1 Å². The van der Waals surface area contributed by atoms with E-state index in [-0.39, 0.29) is 17.9 Å². The molecule has 1 aliphatic carbocycles. The molecule has 2 rings (SSSR count). The lowest BCUT2D eigenvalue weighted by Crippen LogP contribution is -2.42. The number of amides is 1. The number of ether oxygens (including phenoxy) is 1. The Morgan fingerprint density at radius 1 is 1.21 bits per heavy atom. The van der Waals surface area contributed by atoms with Crippen LogP contribution in [0.2, 0.25) is 0 Å². The minimum Gasteiger partial charge on any atom is -0.496 e. The zero-order valence-corrected chi connectivity index (χ0v) is 16.0. The largest absolute Gasteiger partial charge is 0.496 e. The van der Waals surface area contributed by atoms with Crippen LogP contribution < -0.4 is 4.74 Å². The van der Waals surface area contributed by atoms with Gasteiger partial charge in [0, 0.05) is 5.92 Å². The monoisotopic (exact) mass is 397 g/mol. The van der Waals surface area contributed by atoms with E-state index in [9.17, 15) is 9.59 Å². The van der Waals surface area contributed by atoms with E-state index in [0.717, 1.165) is 30.2 Å². The summed E-state index contributed by atoms with van der Waals surface area (Å²) >= 11 is 3.35. The van der Waals surface area contributed by atoms with Gasteiger partial charge in [-0.2, -0.15) is 5.06 Å². The van der Waals surface area contributed by atoms with Gasteiger partial charge in [-0.1, -0.05) is 19.3 Å². The molecule has 24 heavy (non-hydrogen) atoms. The molecule has 0 radical (unpaired) electrons. The standard InChI is InChI=1S/C18H24BrNO4/c1-12(2)20(17(21)13-7-5-4-6-8-13)24-18(22)14-9-10-15(19)16(11-14)23-3/h9-13H,4-8H2,1-3H3. The van der Waals surface area contributed by atoms with E-state index in [1.54, 1.807) is 18.2 Å². The smallest absolute Gasteiger partial charge is 0.363 e. The second-order valence-electron chi connectivity index (χ2n) is 6.32. The molecule has 1 saturated carbocycles. The number of rotatable bonds is 4. The quantitative estimate of drug-likeness (QED) is 0.708. The first-order valence-electron chi connectivity index (χ1n) is 8.33. The molecule has 5 nitrogen and oxygen atoms in total. The summed E-state index contributed by atoms with van der Waals surface area (Å²) in [6, 6.07) is 4.74. The van der Waals surface area contributed by atoms with Crippen molar-refractivity contribution in [2.24, 2.45) is 5.92 Å². The van der Waals surface area contributed by atoms with Crippen LogP contribution >= 0.6 is 15.9 Å². The number of carbonyl (C=O) groups excluding carboxylic acids is 2. The second-order valence-corrected chi connectivity index (χ2v) is 7.18. The van der Waals surface area contributed by atoms with Crippen LogP contribution in [0.1, 0.15) is 56.3 Å². The van der Waals surface area contributed by atoms with E-state index < -0.39 is 5.97 Å². The number of hydrogen-bond donors (Lipinski definition) is 0. The minimum absolute atomic E-state index is 0.0478. The summed E-state index contributed by atoms with van der Waals surface area (Å²) in [4.78, 5) is 30.6. The lowest BCUT2D eigenvalue weighted by molar-refractivity contribution is -0.180. The molecule has 6 heteroatoms. The normalized spacial score (nSPS) is 15.2. The zero-order valence-electron chi connectivity index (χ0n) is 14.4. The minimum atomic E-state index is -0.557. The molecule has 0 bridgehead atoms. The summed E-state index contributed by atoms with van der Waals surface area (Å²) in [6.45, 7) is 3.69. The molecule has 0 saturated heterocycles. The Morgan fingerprint density at radius 3 is 2.46 bits per heavy atom. The van der Waals surface area contributed by atoms with Crippen molar-refractivity contribution in [1.82, 2.24) is 5.06 Å². The van der Waals surface area contributed by atoms with Gasteiger partial charge in [-0.15, -0.1) is 0 Å². The Morgan fingerprint density at radius 2 is 1.88 bits per heavy atom. The summed E-state index contributed by atoms with van der Waals surface area (Å²) in [5.41, 5.74) is 0.345. The topological polar surface area (TPSA) is 55.8 Å². The molecule has 0 unspecified atom stereocenters. The maximum Gasteiger partial charge on any atom is 0.363 e. The highest BCUT2D eigenvalue weighted by molar-refractivity contribution is 9.10. The lowest BCUT2D eigenvalue weighted by atomic mass is 9.88. The predicted molar refractivity (Wildman–Crippen MR) is 94.7 cm³/mol. The first-order valence-corrected chi connectivity index (χ1v) is 9.12. The Labute approximate surface area is 151 Å². The van der Waals surface area contributed by atoms with Gasteiger partial charge in [0.2, 0.25) is 0 Å². The number of methoxy groups -OCH3 is 1.